The summed E-state index contributed by atoms with van der Waals surface area (Å²) in [5.74, 6) is 1.58. The number of rotatable bonds is 5. The number of nitrogens with two attached hydrogens (primary N) is 1. The van der Waals surface area contributed by atoms with Gasteiger partial charge in [-0.1, -0.05) is 13.3 Å². The lowest BCUT2D eigenvalue weighted by Gasteiger charge is -2.52. The van der Waals surface area contributed by atoms with E-state index in [9.17, 15) is 0 Å². The second-order valence-corrected chi connectivity index (χ2v) is 7.37. The molecule has 0 aromatic heterocycles. The summed E-state index contributed by atoms with van der Waals surface area (Å²) in [4.78, 5) is 5.09. The first-order chi connectivity index (χ1) is 8.98. The van der Waals surface area contributed by atoms with Crippen LogP contribution in [0, 0.1) is 11.8 Å². The second kappa shape index (κ2) is 6.11. The quantitative estimate of drug-likeness (QED) is 0.828. The van der Waals surface area contributed by atoms with Crippen molar-refractivity contribution in [3.05, 3.63) is 0 Å². The molecular weight excluding hydrogens is 234 g/mol. The Labute approximate surface area is 119 Å². The van der Waals surface area contributed by atoms with Gasteiger partial charge in [0, 0.05) is 18.1 Å². The van der Waals surface area contributed by atoms with Gasteiger partial charge in [0.05, 0.1) is 0 Å². The van der Waals surface area contributed by atoms with Crippen molar-refractivity contribution >= 4 is 0 Å². The minimum atomic E-state index is 0.439. The van der Waals surface area contributed by atoms with E-state index in [1.165, 1.54) is 45.1 Å². The Kier molecular flexibility index (Phi) is 4.91. The van der Waals surface area contributed by atoms with Crippen molar-refractivity contribution in [1.29, 1.82) is 0 Å². The molecule has 3 nitrogen and oxygen atoms in total. The zero-order valence-corrected chi connectivity index (χ0v) is 13.4. The van der Waals surface area contributed by atoms with Crippen molar-refractivity contribution in [3.63, 3.8) is 0 Å². The molecule has 2 saturated carbocycles. The topological polar surface area (TPSA) is 32.5 Å². The fourth-order valence-corrected chi connectivity index (χ4v) is 4.14. The third-order valence-electron chi connectivity index (χ3n) is 5.86. The molecule has 0 heterocycles. The van der Waals surface area contributed by atoms with E-state index in [1.54, 1.807) is 0 Å². The SMILES string of the molecule is CC1CCC(CN)C(N(C)CC2(N(C)C)CCC2)C1. The fourth-order valence-electron chi connectivity index (χ4n) is 4.14. The Hall–Kier alpha value is -0.120. The maximum Gasteiger partial charge on any atom is 0.0330 e. The maximum atomic E-state index is 6.01. The van der Waals surface area contributed by atoms with Crippen LogP contribution in [0.5, 0.6) is 0 Å². The van der Waals surface area contributed by atoms with E-state index in [2.05, 4.69) is 37.9 Å². The standard InChI is InChI=1S/C16H33N3/c1-13-6-7-14(11-17)15(10-13)19(4)12-16(18(2)3)8-5-9-16/h13-15H,5-12,17H2,1-4H3. The molecule has 0 saturated heterocycles. The molecule has 3 unspecified atom stereocenters. The highest BCUT2D eigenvalue weighted by Gasteiger charge is 2.42. The normalized spacial score (nSPS) is 34.6. The molecule has 3 atom stereocenters. The molecule has 2 aliphatic carbocycles. The van der Waals surface area contributed by atoms with Gasteiger partial charge < -0.3 is 15.5 Å². The molecule has 0 aromatic rings. The largest absolute Gasteiger partial charge is 0.330 e. The first-order valence-corrected chi connectivity index (χ1v) is 8.06. The van der Waals surface area contributed by atoms with Gasteiger partial charge in [-0.15, -0.1) is 0 Å². The van der Waals surface area contributed by atoms with Crippen LogP contribution >= 0.6 is 0 Å². The van der Waals surface area contributed by atoms with Crippen molar-refractivity contribution in [1.82, 2.24) is 9.80 Å². The Morgan fingerprint density at radius 3 is 2.32 bits per heavy atom. The van der Waals surface area contributed by atoms with Gasteiger partial charge in [-0.05, 0) is 71.6 Å². The van der Waals surface area contributed by atoms with Gasteiger partial charge in [0.2, 0.25) is 0 Å². The van der Waals surface area contributed by atoms with E-state index in [0.717, 1.165) is 12.5 Å². The Bertz CT molecular complexity index is 286. The highest BCUT2D eigenvalue weighted by molar-refractivity contribution is 4.99. The maximum absolute atomic E-state index is 6.01. The lowest BCUT2D eigenvalue weighted by atomic mass is 9.73. The van der Waals surface area contributed by atoms with Gasteiger partial charge in [0.15, 0.2) is 0 Å². The number of likely N-dealkylation sites (N-methyl/N-ethyl adjacent to an activating group) is 2. The van der Waals surface area contributed by atoms with E-state index in [4.69, 9.17) is 5.73 Å². The molecule has 19 heavy (non-hydrogen) atoms. The molecule has 0 spiro atoms. The predicted octanol–water partition coefficient (Wildman–Crippen LogP) is 2.17. The highest BCUT2D eigenvalue weighted by Crippen LogP contribution is 2.39. The van der Waals surface area contributed by atoms with E-state index in [0.29, 0.717) is 17.5 Å². The van der Waals surface area contributed by atoms with Gasteiger partial charge in [0.25, 0.3) is 0 Å². The third kappa shape index (κ3) is 3.14. The van der Waals surface area contributed by atoms with Crippen LogP contribution in [0.4, 0.5) is 0 Å². The summed E-state index contributed by atoms with van der Waals surface area (Å²) >= 11 is 0. The average molecular weight is 267 g/mol. The van der Waals surface area contributed by atoms with E-state index >= 15 is 0 Å². The summed E-state index contributed by atoms with van der Waals surface area (Å²) in [6, 6.07) is 0.700. The van der Waals surface area contributed by atoms with E-state index < -0.39 is 0 Å². The van der Waals surface area contributed by atoms with E-state index in [-0.39, 0.29) is 0 Å². The number of nitrogens with zero attached hydrogens (tertiary/aromatic N) is 2. The number of hydrogen-bond donors (Lipinski definition) is 1. The summed E-state index contributed by atoms with van der Waals surface area (Å²) in [5, 5.41) is 0. The van der Waals surface area contributed by atoms with Gasteiger partial charge in [-0.25, -0.2) is 0 Å². The summed E-state index contributed by atoms with van der Waals surface area (Å²) < 4.78 is 0. The second-order valence-electron chi connectivity index (χ2n) is 7.37. The first kappa shape index (κ1) is 15.3. The molecule has 2 rings (SSSR count). The lowest BCUT2D eigenvalue weighted by molar-refractivity contribution is -0.00303. The monoisotopic (exact) mass is 267 g/mol. The fraction of sp³-hybridized carbons (Fsp3) is 1.00. The summed E-state index contributed by atoms with van der Waals surface area (Å²) in [7, 11) is 6.82. The van der Waals surface area contributed by atoms with Crippen molar-refractivity contribution in [2.75, 3.05) is 34.2 Å². The van der Waals surface area contributed by atoms with Crippen LogP contribution in [0.2, 0.25) is 0 Å². The Morgan fingerprint density at radius 2 is 1.84 bits per heavy atom. The van der Waals surface area contributed by atoms with Crippen LogP contribution in [-0.2, 0) is 0 Å². The molecule has 0 aromatic carbocycles. The predicted molar refractivity (Wildman–Crippen MR) is 82.2 cm³/mol. The zero-order valence-electron chi connectivity index (χ0n) is 13.4. The minimum absolute atomic E-state index is 0.439. The molecule has 2 N–H and O–H groups in total. The summed E-state index contributed by atoms with van der Waals surface area (Å²) in [6.07, 6.45) is 8.14. The molecule has 0 amide bonds. The van der Waals surface area contributed by atoms with E-state index in [1.807, 2.05) is 0 Å². The molecule has 0 bridgehead atoms. The van der Waals surface area contributed by atoms with Crippen LogP contribution in [0.25, 0.3) is 0 Å². The smallest absolute Gasteiger partial charge is 0.0330 e. The zero-order chi connectivity index (χ0) is 14.0. The van der Waals surface area contributed by atoms with Crippen molar-refractivity contribution in [3.8, 4) is 0 Å². The lowest BCUT2D eigenvalue weighted by Crippen LogP contribution is -2.59. The first-order valence-electron chi connectivity index (χ1n) is 8.06. The van der Waals surface area contributed by atoms with Crippen LogP contribution in [-0.4, -0.2) is 55.6 Å². The molecule has 2 fully saturated rings. The van der Waals surface area contributed by atoms with Crippen LogP contribution in [0.15, 0.2) is 0 Å². The molecule has 3 heteroatoms. The van der Waals surface area contributed by atoms with Crippen LogP contribution in [0.3, 0.4) is 0 Å². The van der Waals surface area contributed by atoms with Crippen molar-refractivity contribution in [2.24, 2.45) is 17.6 Å². The molecule has 2 aliphatic rings. The average Bonchev–Trinajstić information content (AvgIpc) is 2.33. The molecular formula is C16H33N3. The number of hydrogen-bond acceptors (Lipinski definition) is 3. The van der Waals surface area contributed by atoms with Gasteiger partial charge in [0.1, 0.15) is 0 Å². The Morgan fingerprint density at radius 1 is 1.16 bits per heavy atom. The van der Waals surface area contributed by atoms with Crippen LogP contribution < -0.4 is 5.73 Å². The van der Waals surface area contributed by atoms with Crippen LogP contribution in [0.1, 0.15) is 45.4 Å². The van der Waals surface area contributed by atoms with Gasteiger partial charge >= 0.3 is 0 Å². The molecule has 112 valence electrons. The molecule has 0 radical (unpaired) electrons. The Balaban J connectivity index is 1.99. The summed E-state index contributed by atoms with van der Waals surface area (Å²) in [6.45, 7) is 4.48. The van der Waals surface area contributed by atoms with Crippen molar-refractivity contribution in [2.45, 2.75) is 57.0 Å². The summed E-state index contributed by atoms with van der Waals surface area (Å²) in [5.41, 5.74) is 6.45. The van der Waals surface area contributed by atoms with Gasteiger partial charge in [-0.3, -0.25) is 0 Å². The minimum Gasteiger partial charge on any atom is -0.330 e. The third-order valence-corrected chi connectivity index (χ3v) is 5.86. The van der Waals surface area contributed by atoms with Crippen molar-refractivity contribution < 1.29 is 0 Å². The molecule has 0 aliphatic heterocycles. The van der Waals surface area contributed by atoms with Gasteiger partial charge in [-0.2, -0.15) is 0 Å². The highest BCUT2D eigenvalue weighted by atomic mass is 15.2.